The van der Waals surface area contributed by atoms with Crippen LogP contribution < -0.4 is 0 Å². The van der Waals surface area contributed by atoms with E-state index < -0.39 is 6.10 Å². The topological polar surface area (TPSA) is 40.5 Å². The number of carbonyl (C=O) groups excluding carboxylic acids is 1. The van der Waals surface area contributed by atoms with Gasteiger partial charge in [-0.15, -0.1) is 0 Å². The Bertz CT molecular complexity index is 695. The average molecular weight is 362 g/mol. The molecule has 126 valence electrons. The molecule has 0 aromatic heterocycles. The van der Waals surface area contributed by atoms with E-state index in [0.29, 0.717) is 18.7 Å². The smallest absolute Gasteiger partial charge is 0.256 e. The average Bonchev–Trinajstić information content (AvgIpc) is 2.88. The number of benzene rings is 2. The third-order valence-corrected chi connectivity index (χ3v) is 5.91. The minimum absolute atomic E-state index is 0.221. The zero-order valence-electron chi connectivity index (χ0n) is 13.3. The second-order valence-electron chi connectivity index (χ2n) is 5.81. The molecule has 5 heteroatoms. The van der Waals surface area contributed by atoms with Crippen LogP contribution in [0.2, 0.25) is 5.02 Å². The van der Waals surface area contributed by atoms with Crippen LogP contribution in [0.25, 0.3) is 0 Å². The molecule has 2 unspecified atom stereocenters. The van der Waals surface area contributed by atoms with Crippen LogP contribution in [0.5, 0.6) is 0 Å². The number of halogens is 1. The zero-order chi connectivity index (χ0) is 16.9. The summed E-state index contributed by atoms with van der Waals surface area (Å²) in [5.41, 5.74) is 1.77. The van der Waals surface area contributed by atoms with Gasteiger partial charge in [-0.1, -0.05) is 60.1 Å². The van der Waals surface area contributed by atoms with Crippen molar-refractivity contribution in [1.29, 1.82) is 0 Å². The van der Waals surface area contributed by atoms with E-state index in [2.05, 4.69) is 6.07 Å². The number of hydrogen-bond acceptors (Lipinski definition) is 3. The predicted octanol–water partition coefficient (Wildman–Crippen LogP) is 4.08. The third-order valence-electron chi connectivity index (χ3n) is 4.25. The minimum atomic E-state index is -1.09. The summed E-state index contributed by atoms with van der Waals surface area (Å²) in [6, 6.07) is 17.0. The fraction of sp³-hybridized carbons (Fsp3) is 0.316. The third kappa shape index (κ3) is 3.94. The maximum atomic E-state index is 12.6. The lowest BCUT2D eigenvalue weighted by Crippen LogP contribution is -2.36. The molecule has 1 aliphatic heterocycles. The van der Waals surface area contributed by atoms with E-state index in [1.165, 1.54) is 0 Å². The Balaban J connectivity index is 1.67. The van der Waals surface area contributed by atoms with Gasteiger partial charge in [0.15, 0.2) is 6.10 Å². The van der Waals surface area contributed by atoms with Crippen molar-refractivity contribution in [2.24, 2.45) is 0 Å². The Kier molecular flexibility index (Phi) is 5.82. The molecule has 24 heavy (non-hydrogen) atoms. The highest BCUT2D eigenvalue weighted by Crippen LogP contribution is 2.38. The van der Waals surface area contributed by atoms with Crippen LogP contribution in [-0.2, 0) is 4.79 Å². The number of carbonyl (C=O) groups is 1. The van der Waals surface area contributed by atoms with Crippen LogP contribution >= 0.6 is 23.4 Å². The first-order valence-corrected chi connectivity index (χ1v) is 9.47. The van der Waals surface area contributed by atoms with Crippen molar-refractivity contribution in [2.45, 2.75) is 17.8 Å². The molecule has 3 nitrogen and oxygen atoms in total. The number of aliphatic hydroxyl groups is 1. The highest BCUT2D eigenvalue weighted by Gasteiger charge is 2.27. The van der Waals surface area contributed by atoms with Crippen LogP contribution in [0, 0.1) is 0 Å². The van der Waals surface area contributed by atoms with E-state index in [1.54, 1.807) is 17.0 Å². The van der Waals surface area contributed by atoms with Crippen LogP contribution in [-0.4, -0.2) is 34.8 Å². The number of aliphatic hydroxyl groups excluding tert-OH is 1. The summed E-state index contributed by atoms with van der Waals surface area (Å²) in [6.45, 7) is 1.28. The minimum Gasteiger partial charge on any atom is -0.378 e. The van der Waals surface area contributed by atoms with Gasteiger partial charge in [0, 0.05) is 29.1 Å². The summed E-state index contributed by atoms with van der Waals surface area (Å²) in [5.74, 6) is 0.616. The molecule has 0 spiro atoms. The van der Waals surface area contributed by atoms with Gasteiger partial charge in [0.05, 0.1) is 0 Å². The van der Waals surface area contributed by atoms with Gasteiger partial charge in [-0.05, 0) is 23.6 Å². The quantitative estimate of drug-likeness (QED) is 0.895. The molecule has 2 aromatic rings. The molecule has 2 atom stereocenters. The fourth-order valence-electron chi connectivity index (χ4n) is 2.93. The highest BCUT2D eigenvalue weighted by molar-refractivity contribution is 7.99. The SMILES string of the molecule is O=C(C(O)c1ccccc1)N1CCSC(c2ccccc2Cl)CC1. The van der Waals surface area contributed by atoms with Crippen molar-refractivity contribution >= 4 is 29.3 Å². The van der Waals surface area contributed by atoms with E-state index in [9.17, 15) is 9.90 Å². The Hall–Kier alpha value is -1.49. The summed E-state index contributed by atoms with van der Waals surface area (Å²) in [7, 11) is 0. The second kappa shape index (κ2) is 8.06. The number of amides is 1. The van der Waals surface area contributed by atoms with Crippen LogP contribution in [0.3, 0.4) is 0 Å². The predicted molar refractivity (Wildman–Crippen MR) is 99.2 cm³/mol. The first kappa shape index (κ1) is 17.3. The Morgan fingerprint density at radius 2 is 1.83 bits per heavy atom. The lowest BCUT2D eigenvalue weighted by molar-refractivity contribution is -0.140. The largest absolute Gasteiger partial charge is 0.378 e. The van der Waals surface area contributed by atoms with E-state index in [4.69, 9.17) is 11.6 Å². The molecular formula is C19H20ClNO2S. The zero-order valence-corrected chi connectivity index (χ0v) is 14.8. The van der Waals surface area contributed by atoms with E-state index >= 15 is 0 Å². The summed E-state index contributed by atoms with van der Waals surface area (Å²) in [5, 5.41) is 11.4. The van der Waals surface area contributed by atoms with Gasteiger partial charge in [0.1, 0.15) is 0 Å². The molecule has 0 saturated carbocycles. The maximum absolute atomic E-state index is 12.6. The molecule has 0 aliphatic carbocycles. The summed E-state index contributed by atoms with van der Waals surface area (Å²) in [4.78, 5) is 14.4. The Morgan fingerprint density at radius 3 is 2.58 bits per heavy atom. The number of hydrogen-bond donors (Lipinski definition) is 1. The maximum Gasteiger partial charge on any atom is 0.256 e. The Morgan fingerprint density at radius 1 is 1.12 bits per heavy atom. The van der Waals surface area contributed by atoms with Crippen molar-refractivity contribution in [1.82, 2.24) is 4.90 Å². The number of nitrogens with zero attached hydrogens (tertiary/aromatic N) is 1. The first-order valence-electron chi connectivity index (χ1n) is 8.04. The molecule has 1 fully saturated rings. The number of rotatable bonds is 3. The van der Waals surface area contributed by atoms with Gasteiger partial charge in [-0.3, -0.25) is 4.79 Å². The second-order valence-corrected chi connectivity index (χ2v) is 7.53. The highest BCUT2D eigenvalue weighted by atomic mass is 35.5. The lowest BCUT2D eigenvalue weighted by atomic mass is 10.1. The molecule has 3 rings (SSSR count). The molecule has 1 aliphatic rings. The van der Waals surface area contributed by atoms with Crippen LogP contribution in [0.4, 0.5) is 0 Å². The van der Waals surface area contributed by atoms with Gasteiger partial charge in [0.25, 0.3) is 5.91 Å². The van der Waals surface area contributed by atoms with Gasteiger partial charge >= 0.3 is 0 Å². The van der Waals surface area contributed by atoms with E-state index in [0.717, 1.165) is 22.8 Å². The molecule has 1 saturated heterocycles. The van der Waals surface area contributed by atoms with Gasteiger partial charge in [0.2, 0.25) is 0 Å². The molecule has 0 bridgehead atoms. The lowest BCUT2D eigenvalue weighted by Gasteiger charge is -2.23. The molecule has 1 heterocycles. The summed E-state index contributed by atoms with van der Waals surface area (Å²) >= 11 is 8.13. The monoisotopic (exact) mass is 361 g/mol. The van der Waals surface area contributed by atoms with Crippen LogP contribution in [0.15, 0.2) is 54.6 Å². The van der Waals surface area contributed by atoms with Crippen molar-refractivity contribution < 1.29 is 9.90 Å². The molecule has 2 aromatic carbocycles. The van der Waals surface area contributed by atoms with Gasteiger partial charge in [-0.25, -0.2) is 0 Å². The number of thioether (sulfide) groups is 1. The fourth-order valence-corrected chi connectivity index (χ4v) is 4.53. The normalized spacial score (nSPS) is 19.6. The van der Waals surface area contributed by atoms with Gasteiger partial charge in [-0.2, -0.15) is 11.8 Å². The summed E-state index contributed by atoms with van der Waals surface area (Å²) < 4.78 is 0. The van der Waals surface area contributed by atoms with E-state index in [1.807, 2.05) is 48.2 Å². The van der Waals surface area contributed by atoms with Crippen molar-refractivity contribution in [2.75, 3.05) is 18.8 Å². The first-order chi connectivity index (χ1) is 11.7. The molecule has 0 radical (unpaired) electrons. The molecule has 1 N–H and O–H groups in total. The van der Waals surface area contributed by atoms with Crippen molar-refractivity contribution in [3.63, 3.8) is 0 Å². The van der Waals surface area contributed by atoms with E-state index in [-0.39, 0.29) is 11.2 Å². The van der Waals surface area contributed by atoms with Crippen molar-refractivity contribution in [3.05, 3.63) is 70.7 Å². The van der Waals surface area contributed by atoms with Crippen LogP contribution in [0.1, 0.15) is 28.9 Å². The standard InChI is InChI=1S/C19H20ClNO2S/c20-16-9-5-4-8-15(16)17-10-11-21(12-13-24-17)19(23)18(22)14-6-2-1-3-7-14/h1-9,17-18,22H,10-13H2. The molecular weight excluding hydrogens is 342 g/mol. The van der Waals surface area contributed by atoms with Gasteiger partial charge < -0.3 is 10.0 Å². The molecule has 1 amide bonds. The Labute approximate surface area is 151 Å². The van der Waals surface area contributed by atoms with Crippen molar-refractivity contribution in [3.8, 4) is 0 Å². The summed E-state index contributed by atoms with van der Waals surface area (Å²) in [6.07, 6.45) is -0.255.